The smallest absolute Gasteiger partial charge is 0.258 e. The maximum Gasteiger partial charge on any atom is 0.349 e. The van der Waals surface area contributed by atoms with Gasteiger partial charge < -0.3 is 0 Å². The van der Waals surface area contributed by atoms with Crippen molar-refractivity contribution in [1.82, 2.24) is 0 Å². The van der Waals surface area contributed by atoms with Gasteiger partial charge in [0, 0.05) is 12.5 Å². The topological polar surface area (TPSA) is 173 Å². The van der Waals surface area contributed by atoms with E-state index < -0.39 is 42.5 Å². The van der Waals surface area contributed by atoms with Crippen molar-refractivity contribution < 1.29 is 19.7 Å². The average molecular weight is 336 g/mol. The van der Waals surface area contributed by atoms with Crippen LogP contribution in [-0.2, 0) is 0 Å². The fraction of sp³-hybridized carbons (Fsp3) is 0.167. The summed E-state index contributed by atoms with van der Waals surface area (Å²) < 4.78 is 0. The molecule has 0 saturated carbocycles. The average Bonchev–Trinajstić information content (AvgIpc) is 2.53. The van der Waals surface area contributed by atoms with Gasteiger partial charge in [-0.25, -0.2) is 0 Å². The molecular formula is C12H8N4O8. The molecule has 0 fully saturated rings. The first-order valence-corrected chi connectivity index (χ1v) is 6.39. The van der Waals surface area contributed by atoms with E-state index in [2.05, 4.69) is 0 Å². The van der Waals surface area contributed by atoms with Gasteiger partial charge in [0.15, 0.2) is 0 Å². The van der Waals surface area contributed by atoms with E-state index in [1.807, 2.05) is 0 Å². The van der Waals surface area contributed by atoms with Crippen LogP contribution in [0.25, 0.3) is 5.57 Å². The lowest BCUT2D eigenvalue weighted by Gasteiger charge is -2.11. The first kappa shape index (κ1) is 16.7. The van der Waals surface area contributed by atoms with E-state index in [-0.39, 0.29) is 24.0 Å². The Kier molecular flexibility index (Phi) is 4.30. The van der Waals surface area contributed by atoms with Crippen LogP contribution in [0.15, 0.2) is 35.7 Å². The van der Waals surface area contributed by atoms with E-state index in [0.29, 0.717) is 6.07 Å². The molecule has 0 unspecified atom stereocenters. The Morgan fingerprint density at radius 2 is 1.50 bits per heavy atom. The Morgan fingerprint density at radius 1 is 0.833 bits per heavy atom. The molecule has 0 N–H and O–H groups in total. The predicted molar refractivity (Wildman–Crippen MR) is 78.0 cm³/mol. The minimum absolute atomic E-state index is 0.0805. The lowest BCUT2D eigenvalue weighted by molar-refractivity contribution is -0.468. The Hall–Kier alpha value is -3.70. The van der Waals surface area contributed by atoms with Gasteiger partial charge in [0.05, 0.1) is 36.9 Å². The summed E-state index contributed by atoms with van der Waals surface area (Å²) in [5, 5.41) is 44.1. The Bertz CT molecular complexity index is 841. The highest BCUT2D eigenvalue weighted by atomic mass is 16.6. The molecule has 0 atom stereocenters. The van der Waals surface area contributed by atoms with Crippen LogP contribution in [-0.4, -0.2) is 19.7 Å². The van der Waals surface area contributed by atoms with Crippen molar-refractivity contribution in [3.05, 3.63) is 81.7 Å². The van der Waals surface area contributed by atoms with Gasteiger partial charge in [0.25, 0.3) is 11.4 Å². The summed E-state index contributed by atoms with van der Waals surface area (Å²) in [6.07, 6.45) is 1.17. The summed E-state index contributed by atoms with van der Waals surface area (Å²) in [5.74, 6) is 0. The molecule has 0 saturated heterocycles. The Balaban J connectivity index is 2.72. The van der Waals surface area contributed by atoms with Crippen LogP contribution >= 0.6 is 0 Å². The number of benzene rings is 1. The highest BCUT2D eigenvalue weighted by Gasteiger charge is 2.38. The van der Waals surface area contributed by atoms with E-state index in [0.717, 1.165) is 12.1 Å². The zero-order chi connectivity index (χ0) is 18.0. The molecule has 0 aromatic heterocycles. The van der Waals surface area contributed by atoms with E-state index in [9.17, 15) is 40.5 Å². The third-order valence-corrected chi connectivity index (χ3v) is 3.34. The molecule has 124 valence electrons. The maximum absolute atomic E-state index is 11.2. The van der Waals surface area contributed by atoms with Gasteiger partial charge in [0.1, 0.15) is 0 Å². The first-order valence-electron chi connectivity index (χ1n) is 6.39. The third kappa shape index (κ3) is 2.92. The third-order valence-electron chi connectivity index (χ3n) is 3.34. The fourth-order valence-corrected chi connectivity index (χ4v) is 2.36. The molecule has 0 radical (unpaired) electrons. The Labute approximate surface area is 132 Å². The summed E-state index contributed by atoms with van der Waals surface area (Å²) in [7, 11) is 0. The molecule has 1 aliphatic carbocycles. The van der Waals surface area contributed by atoms with Gasteiger partial charge in [-0.3, -0.25) is 40.5 Å². The fourth-order valence-electron chi connectivity index (χ4n) is 2.36. The standard InChI is InChI=1S/C12H8N4O8/c17-13(18)7-4-5-8(11(6-7)15(21)22)9-2-1-3-10(14(19)20)12(9)16(23)24/h2,4-6H,1,3H2. The lowest BCUT2D eigenvalue weighted by Crippen LogP contribution is -2.15. The van der Waals surface area contributed by atoms with Crippen molar-refractivity contribution in [1.29, 1.82) is 0 Å². The number of rotatable bonds is 5. The number of hydrogen-bond donors (Lipinski definition) is 0. The van der Waals surface area contributed by atoms with E-state index in [1.165, 1.54) is 6.08 Å². The second-order valence-electron chi connectivity index (χ2n) is 4.68. The predicted octanol–water partition coefficient (Wildman–Crippen LogP) is 2.45. The zero-order valence-electron chi connectivity index (χ0n) is 11.8. The van der Waals surface area contributed by atoms with E-state index in [1.54, 1.807) is 0 Å². The second-order valence-corrected chi connectivity index (χ2v) is 4.68. The summed E-state index contributed by atoms with van der Waals surface area (Å²) in [6.45, 7) is 0. The van der Waals surface area contributed by atoms with Crippen molar-refractivity contribution in [2.45, 2.75) is 12.8 Å². The molecule has 2 rings (SSSR count). The molecule has 24 heavy (non-hydrogen) atoms. The number of hydrogen-bond acceptors (Lipinski definition) is 8. The van der Waals surface area contributed by atoms with Crippen molar-refractivity contribution in [2.75, 3.05) is 0 Å². The maximum atomic E-state index is 11.2. The summed E-state index contributed by atoms with van der Waals surface area (Å²) >= 11 is 0. The van der Waals surface area contributed by atoms with Crippen LogP contribution in [0.4, 0.5) is 11.4 Å². The normalized spacial score (nSPS) is 14.1. The SMILES string of the molecule is O=[N+]([O-])C1=C([N+](=O)[O-])C(c2ccc([N+](=O)[O-])cc2[N+](=O)[O-])=CCC1. The van der Waals surface area contributed by atoms with E-state index in [4.69, 9.17) is 0 Å². The molecule has 12 nitrogen and oxygen atoms in total. The second kappa shape index (κ2) is 6.20. The molecule has 0 aliphatic heterocycles. The zero-order valence-corrected chi connectivity index (χ0v) is 11.8. The summed E-state index contributed by atoms with van der Waals surface area (Å²) in [5.41, 5.74) is -3.38. The van der Waals surface area contributed by atoms with Crippen LogP contribution in [0, 0.1) is 40.5 Å². The van der Waals surface area contributed by atoms with Crippen LogP contribution in [0.1, 0.15) is 18.4 Å². The molecule has 0 spiro atoms. The highest BCUT2D eigenvalue weighted by Crippen LogP contribution is 2.38. The minimum Gasteiger partial charge on any atom is -0.258 e. The monoisotopic (exact) mass is 336 g/mol. The number of nitrogens with zero attached hydrogens (tertiary/aromatic N) is 4. The molecule has 1 aliphatic rings. The van der Waals surface area contributed by atoms with Crippen LogP contribution in [0.5, 0.6) is 0 Å². The van der Waals surface area contributed by atoms with Crippen LogP contribution in [0.3, 0.4) is 0 Å². The number of non-ortho nitro benzene ring substituents is 1. The van der Waals surface area contributed by atoms with Crippen LogP contribution in [0.2, 0.25) is 0 Å². The first-order chi connectivity index (χ1) is 11.2. The number of allylic oxidation sites excluding steroid dienone is 3. The largest absolute Gasteiger partial charge is 0.349 e. The summed E-state index contributed by atoms with van der Waals surface area (Å²) in [4.78, 5) is 40.5. The Morgan fingerprint density at radius 3 is 2.00 bits per heavy atom. The van der Waals surface area contributed by atoms with Crippen molar-refractivity contribution in [3.63, 3.8) is 0 Å². The summed E-state index contributed by atoms with van der Waals surface area (Å²) in [6, 6.07) is 2.59. The molecule has 12 heteroatoms. The van der Waals surface area contributed by atoms with Gasteiger partial charge in [-0.05, 0) is 12.5 Å². The molecular weight excluding hydrogens is 328 g/mol. The van der Waals surface area contributed by atoms with Crippen molar-refractivity contribution in [2.24, 2.45) is 0 Å². The molecule has 0 bridgehead atoms. The van der Waals surface area contributed by atoms with Gasteiger partial charge >= 0.3 is 11.4 Å². The van der Waals surface area contributed by atoms with Crippen molar-refractivity contribution in [3.8, 4) is 0 Å². The van der Waals surface area contributed by atoms with Crippen LogP contribution < -0.4 is 0 Å². The van der Waals surface area contributed by atoms with Gasteiger partial charge in [-0.15, -0.1) is 0 Å². The molecule has 0 heterocycles. The number of nitro groups is 4. The minimum atomic E-state index is -0.978. The highest BCUT2D eigenvalue weighted by molar-refractivity contribution is 5.83. The van der Waals surface area contributed by atoms with Crippen molar-refractivity contribution >= 4 is 16.9 Å². The van der Waals surface area contributed by atoms with Gasteiger partial charge in [-0.2, -0.15) is 0 Å². The lowest BCUT2D eigenvalue weighted by atomic mass is 9.93. The quantitative estimate of drug-likeness (QED) is 0.582. The molecule has 1 aromatic rings. The molecule has 0 amide bonds. The number of nitro benzene ring substituents is 2. The van der Waals surface area contributed by atoms with Gasteiger partial charge in [0.2, 0.25) is 0 Å². The molecule has 1 aromatic carbocycles. The van der Waals surface area contributed by atoms with E-state index >= 15 is 0 Å². The van der Waals surface area contributed by atoms with Gasteiger partial charge in [-0.1, -0.05) is 6.08 Å².